The minimum atomic E-state index is -1.09. The molecule has 5 nitrogen and oxygen atoms in total. The van der Waals surface area contributed by atoms with Gasteiger partial charge >= 0.3 is 5.97 Å². The second-order valence-corrected chi connectivity index (χ2v) is 8.43. The molecule has 0 unspecified atom stereocenters. The van der Waals surface area contributed by atoms with Gasteiger partial charge in [-0.15, -0.1) is 0 Å². The van der Waals surface area contributed by atoms with Crippen molar-refractivity contribution in [1.82, 2.24) is 0 Å². The molecule has 6 atom stereocenters. The summed E-state index contributed by atoms with van der Waals surface area (Å²) in [4.78, 5) is 10.7. The Hall–Kier alpha value is -2.06. The molecule has 3 rings (SSSR count). The molecule has 0 amide bonds. The molecule has 1 saturated heterocycles. The molecule has 1 saturated carbocycles. The van der Waals surface area contributed by atoms with E-state index < -0.39 is 35.8 Å². The predicted octanol–water partition coefficient (Wildman–Crippen LogP) is 4.29. The van der Waals surface area contributed by atoms with Gasteiger partial charge < -0.3 is 19.7 Å². The number of aliphatic carboxylic acids is 1. The van der Waals surface area contributed by atoms with Gasteiger partial charge in [0, 0.05) is 31.4 Å². The summed E-state index contributed by atoms with van der Waals surface area (Å²) in [7, 11) is 0. The van der Waals surface area contributed by atoms with Crippen LogP contribution >= 0.6 is 0 Å². The molecule has 1 aliphatic carbocycles. The molecular formula is C23H29F3O5. The number of halogens is 3. The first kappa shape index (κ1) is 23.6. The highest BCUT2D eigenvalue weighted by molar-refractivity contribution is 5.66. The Morgan fingerprint density at radius 2 is 2.13 bits per heavy atom. The average Bonchev–Trinajstić information content (AvgIpc) is 2.88. The standard InChI is InChI=1S/C23H29F3O5/c24-15-5-9-19(25)22(10-15)31-13-16(27)6-8-17-18-7-4-14(2-1-3-23(28)29)12-30-21(18)11-20(17)26/h5-6,8-10,14,16-18,20-21,27H,1-4,7,11-13H2,(H,28,29)/t14-,16+,17+,18+,20-,21-/m0/s1. The van der Waals surface area contributed by atoms with Gasteiger partial charge in [-0.2, -0.15) is 0 Å². The van der Waals surface area contributed by atoms with Crippen molar-refractivity contribution in [1.29, 1.82) is 0 Å². The number of rotatable bonds is 9. The number of alkyl halides is 1. The third kappa shape index (κ3) is 6.71. The molecule has 1 aromatic rings. The number of fused-ring (bicyclic) bond motifs is 1. The van der Waals surface area contributed by atoms with Crippen LogP contribution in [0, 0.1) is 29.4 Å². The first-order valence-electron chi connectivity index (χ1n) is 10.7. The number of allylic oxidation sites excluding steroid dienone is 1. The van der Waals surface area contributed by atoms with Crippen molar-refractivity contribution < 1.29 is 37.7 Å². The predicted molar refractivity (Wildman–Crippen MR) is 107 cm³/mol. The van der Waals surface area contributed by atoms with E-state index in [1.807, 2.05) is 0 Å². The quantitative estimate of drug-likeness (QED) is 0.558. The summed E-state index contributed by atoms with van der Waals surface area (Å²) < 4.78 is 52.5. The molecule has 1 aliphatic heterocycles. The number of carboxylic acid groups (broad SMARTS) is 1. The molecular weight excluding hydrogens is 413 g/mol. The Balaban J connectivity index is 1.51. The third-order valence-corrected chi connectivity index (χ3v) is 6.16. The van der Waals surface area contributed by atoms with Gasteiger partial charge in [0.15, 0.2) is 11.6 Å². The zero-order chi connectivity index (χ0) is 22.4. The maximum absolute atomic E-state index is 14.6. The lowest BCUT2D eigenvalue weighted by atomic mass is 9.86. The van der Waals surface area contributed by atoms with Crippen LogP contribution < -0.4 is 4.74 Å². The first-order chi connectivity index (χ1) is 14.8. The smallest absolute Gasteiger partial charge is 0.303 e. The molecule has 0 radical (unpaired) electrons. The number of hydrogen-bond acceptors (Lipinski definition) is 4. The maximum Gasteiger partial charge on any atom is 0.303 e. The lowest BCUT2D eigenvalue weighted by Crippen LogP contribution is -2.21. The van der Waals surface area contributed by atoms with Crippen molar-refractivity contribution in [3.63, 3.8) is 0 Å². The van der Waals surface area contributed by atoms with Gasteiger partial charge in [0.2, 0.25) is 0 Å². The van der Waals surface area contributed by atoms with E-state index in [2.05, 4.69) is 0 Å². The highest BCUT2D eigenvalue weighted by Gasteiger charge is 2.44. The second kappa shape index (κ2) is 11.0. The summed E-state index contributed by atoms with van der Waals surface area (Å²) in [6.45, 7) is 0.233. The van der Waals surface area contributed by atoms with E-state index in [1.165, 1.54) is 6.08 Å². The zero-order valence-electron chi connectivity index (χ0n) is 17.3. The van der Waals surface area contributed by atoms with Crippen LogP contribution in [0.4, 0.5) is 13.2 Å². The van der Waals surface area contributed by atoms with E-state index in [-0.39, 0.29) is 36.7 Å². The Bertz CT molecular complexity index is 772. The lowest BCUT2D eigenvalue weighted by molar-refractivity contribution is -0.137. The Labute approximate surface area is 179 Å². The van der Waals surface area contributed by atoms with Gasteiger partial charge in [-0.3, -0.25) is 4.79 Å². The number of carboxylic acids is 1. The zero-order valence-corrected chi connectivity index (χ0v) is 17.3. The van der Waals surface area contributed by atoms with Gasteiger partial charge in [-0.25, -0.2) is 13.2 Å². The van der Waals surface area contributed by atoms with Gasteiger partial charge in [-0.05, 0) is 49.7 Å². The van der Waals surface area contributed by atoms with E-state index >= 15 is 0 Å². The number of benzene rings is 1. The van der Waals surface area contributed by atoms with Crippen LogP contribution in [0.3, 0.4) is 0 Å². The fourth-order valence-electron chi connectivity index (χ4n) is 4.52. The van der Waals surface area contributed by atoms with E-state index in [0.717, 1.165) is 37.5 Å². The molecule has 1 heterocycles. The minimum Gasteiger partial charge on any atom is -0.487 e. The van der Waals surface area contributed by atoms with Crippen LogP contribution in [-0.4, -0.2) is 47.8 Å². The van der Waals surface area contributed by atoms with Crippen LogP contribution in [0.1, 0.15) is 38.5 Å². The largest absolute Gasteiger partial charge is 0.487 e. The molecule has 31 heavy (non-hydrogen) atoms. The summed E-state index contributed by atoms with van der Waals surface area (Å²) in [6.07, 6.45) is 4.15. The SMILES string of the molecule is O=C(O)CCC[C@H]1CC[C@@H]2[C@@H](C=C[C@@H](O)COc3cc(F)ccc3F)[C@@H](F)C[C@@H]2OC1. The van der Waals surface area contributed by atoms with E-state index in [1.54, 1.807) is 6.08 Å². The van der Waals surface area contributed by atoms with Gasteiger partial charge in [0.25, 0.3) is 0 Å². The summed E-state index contributed by atoms with van der Waals surface area (Å²) in [5.41, 5.74) is 0. The maximum atomic E-state index is 14.6. The summed E-state index contributed by atoms with van der Waals surface area (Å²) in [5.74, 6) is -2.61. The number of aliphatic hydroxyl groups is 1. The summed E-state index contributed by atoms with van der Waals surface area (Å²) in [6, 6.07) is 2.82. The molecule has 0 aromatic heterocycles. The van der Waals surface area contributed by atoms with E-state index in [4.69, 9.17) is 14.6 Å². The topological polar surface area (TPSA) is 76.0 Å². The van der Waals surface area contributed by atoms with Crippen molar-refractivity contribution in [3.05, 3.63) is 42.0 Å². The highest BCUT2D eigenvalue weighted by atomic mass is 19.1. The average molecular weight is 442 g/mol. The summed E-state index contributed by atoms with van der Waals surface area (Å²) >= 11 is 0. The van der Waals surface area contributed by atoms with Crippen molar-refractivity contribution >= 4 is 5.97 Å². The molecule has 172 valence electrons. The van der Waals surface area contributed by atoms with Crippen LogP contribution in [0.25, 0.3) is 0 Å². The Kier molecular flexibility index (Phi) is 8.37. The molecule has 2 N–H and O–H groups in total. The van der Waals surface area contributed by atoms with Crippen LogP contribution in [0.15, 0.2) is 30.4 Å². The fraction of sp³-hybridized carbons (Fsp3) is 0.609. The molecule has 0 spiro atoms. The van der Waals surface area contributed by atoms with Crippen LogP contribution in [0.5, 0.6) is 5.75 Å². The van der Waals surface area contributed by atoms with Crippen molar-refractivity contribution in [2.45, 2.75) is 56.9 Å². The van der Waals surface area contributed by atoms with E-state index in [9.17, 15) is 23.1 Å². The van der Waals surface area contributed by atoms with Gasteiger partial charge in [0.1, 0.15) is 24.7 Å². The minimum absolute atomic E-state index is 0.00972. The van der Waals surface area contributed by atoms with E-state index in [0.29, 0.717) is 19.4 Å². The molecule has 8 heteroatoms. The van der Waals surface area contributed by atoms with Crippen molar-refractivity contribution in [2.75, 3.05) is 13.2 Å². The molecule has 1 aromatic carbocycles. The monoisotopic (exact) mass is 442 g/mol. The fourth-order valence-corrected chi connectivity index (χ4v) is 4.52. The number of aliphatic hydroxyl groups excluding tert-OH is 1. The number of carbonyl (C=O) groups is 1. The summed E-state index contributed by atoms with van der Waals surface area (Å²) in [5, 5.41) is 18.9. The van der Waals surface area contributed by atoms with Crippen LogP contribution in [-0.2, 0) is 9.53 Å². The Morgan fingerprint density at radius 1 is 1.32 bits per heavy atom. The van der Waals surface area contributed by atoms with Crippen molar-refractivity contribution in [2.24, 2.45) is 17.8 Å². The second-order valence-electron chi connectivity index (χ2n) is 8.43. The third-order valence-electron chi connectivity index (χ3n) is 6.16. The molecule has 2 fully saturated rings. The van der Waals surface area contributed by atoms with Gasteiger partial charge in [-0.1, -0.05) is 12.2 Å². The highest BCUT2D eigenvalue weighted by Crippen LogP contribution is 2.43. The normalized spacial score (nSPS) is 29.5. The molecule has 0 bridgehead atoms. The number of ether oxygens (including phenoxy) is 2. The van der Waals surface area contributed by atoms with Gasteiger partial charge in [0.05, 0.1) is 6.10 Å². The van der Waals surface area contributed by atoms with Crippen LogP contribution in [0.2, 0.25) is 0 Å². The lowest BCUT2D eigenvalue weighted by Gasteiger charge is -2.20. The Morgan fingerprint density at radius 3 is 2.90 bits per heavy atom. The first-order valence-corrected chi connectivity index (χ1v) is 10.7. The number of hydrogen-bond donors (Lipinski definition) is 2. The molecule has 2 aliphatic rings. The van der Waals surface area contributed by atoms with Crippen molar-refractivity contribution in [3.8, 4) is 5.75 Å².